The Morgan fingerprint density at radius 1 is 1.27 bits per heavy atom. The van der Waals surface area contributed by atoms with Crippen molar-refractivity contribution in [3.63, 3.8) is 0 Å². The molecule has 166 valence electrons. The van der Waals surface area contributed by atoms with Crippen molar-refractivity contribution in [1.82, 2.24) is 14.7 Å². The summed E-state index contributed by atoms with van der Waals surface area (Å²) in [6.45, 7) is 10.8. The van der Waals surface area contributed by atoms with Crippen LogP contribution in [-0.2, 0) is 9.53 Å². The molecule has 0 radical (unpaired) electrons. The number of likely N-dealkylation sites (tertiary alicyclic amines) is 1. The quantitative estimate of drug-likeness (QED) is 0.668. The Balaban J connectivity index is 1.63. The van der Waals surface area contributed by atoms with Gasteiger partial charge < -0.3 is 19.9 Å². The Hall–Kier alpha value is -1.41. The lowest BCUT2D eigenvalue weighted by molar-refractivity contribution is -0.130. The Morgan fingerprint density at radius 3 is 2.60 bits per heavy atom. The van der Waals surface area contributed by atoms with Gasteiger partial charge in [0.25, 0.3) is 0 Å². The minimum absolute atomic E-state index is 0.152. The highest BCUT2D eigenvalue weighted by atomic mass is 35.5. The van der Waals surface area contributed by atoms with Crippen molar-refractivity contribution in [3.05, 3.63) is 28.8 Å². The van der Waals surface area contributed by atoms with Gasteiger partial charge in [-0.1, -0.05) is 17.7 Å². The zero-order valence-electron chi connectivity index (χ0n) is 18.0. The van der Waals surface area contributed by atoms with Gasteiger partial charge in [-0.05, 0) is 56.1 Å². The fourth-order valence-electron chi connectivity index (χ4n) is 4.14. The molecule has 2 heterocycles. The van der Waals surface area contributed by atoms with Crippen LogP contribution in [0.15, 0.2) is 18.2 Å². The largest absolute Gasteiger partial charge is 0.379 e. The van der Waals surface area contributed by atoms with Gasteiger partial charge in [0.1, 0.15) is 0 Å². The number of anilines is 1. The first kappa shape index (κ1) is 23.3. The topological polar surface area (TPSA) is 48.1 Å². The maximum absolute atomic E-state index is 11.7. The van der Waals surface area contributed by atoms with Gasteiger partial charge >= 0.3 is 0 Å². The van der Waals surface area contributed by atoms with Crippen LogP contribution in [0.3, 0.4) is 0 Å². The molecule has 0 aliphatic carbocycles. The molecule has 1 N–H and O–H groups in total. The number of aryl methyl sites for hydroxylation is 1. The Kier molecular flexibility index (Phi) is 8.74. The van der Waals surface area contributed by atoms with E-state index in [9.17, 15) is 4.79 Å². The van der Waals surface area contributed by atoms with E-state index in [0.717, 1.165) is 83.0 Å². The molecule has 0 saturated carbocycles. The van der Waals surface area contributed by atoms with Crippen LogP contribution in [0.5, 0.6) is 0 Å². The summed E-state index contributed by atoms with van der Waals surface area (Å²) >= 11 is 12.2. The molecule has 2 saturated heterocycles. The molecular formula is C22H33ClN4O2S. The van der Waals surface area contributed by atoms with E-state index in [-0.39, 0.29) is 5.91 Å². The monoisotopic (exact) mass is 452 g/mol. The molecule has 8 heteroatoms. The predicted octanol–water partition coefficient (Wildman–Crippen LogP) is 3.38. The molecule has 6 nitrogen and oxygen atoms in total. The van der Waals surface area contributed by atoms with Gasteiger partial charge in [-0.25, -0.2) is 0 Å². The van der Waals surface area contributed by atoms with Gasteiger partial charge in [-0.2, -0.15) is 0 Å². The third kappa shape index (κ3) is 6.54. The van der Waals surface area contributed by atoms with Crippen LogP contribution in [-0.4, -0.2) is 84.2 Å². The highest BCUT2D eigenvalue weighted by molar-refractivity contribution is 7.80. The second-order valence-corrected chi connectivity index (χ2v) is 8.95. The van der Waals surface area contributed by atoms with Crippen LogP contribution in [0, 0.1) is 6.92 Å². The summed E-state index contributed by atoms with van der Waals surface area (Å²) in [6.07, 6.45) is 2.90. The molecule has 0 aromatic heterocycles. The molecule has 3 rings (SSSR count). The number of nitrogens with zero attached hydrogens (tertiary/aromatic N) is 3. The molecule has 2 aliphatic heterocycles. The Bertz CT molecular complexity index is 734. The predicted molar refractivity (Wildman–Crippen MR) is 126 cm³/mol. The van der Waals surface area contributed by atoms with E-state index in [4.69, 9.17) is 28.6 Å². The third-order valence-electron chi connectivity index (χ3n) is 5.95. The molecule has 0 unspecified atom stereocenters. The van der Waals surface area contributed by atoms with E-state index in [1.165, 1.54) is 0 Å². The molecule has 0 atom stereocenters. The summed E-state index contributed by atoms with van der Waals surface area (Å²) in [5, 5.41) is 4.76. The van der Waals surface area contributed by atoms with Crippen molar-refractivity contribution >= 4 is 40.5 Å². The second-order valence-electron chi connectivity index (χ2n) is 8.15. The van der Waals surface area contributed by atoms with Crippen molar-refractivity contribution < 1.29 is 9.53 Å². The summed E-state index contributed by atoms with van der Waals surface area (Å²) in [5.74, 6) is 0.152. The molecule has 1 aromatic carbocycles. The number of benzene rings is 1. The standard InChI is InChI=1S/C22H33ClN4O2S/c1-17-4-5-21(20(23)16-17)24-22(30)27(9-3-8-25-12-14-29-15-13-25)19-6-10-26(11-7-19)18(2)28/h4-5,16,19H,3,6-15H2,1-2H3,(H,24,30). The molecule has 0 spiro atoms. The second kappa shape index (κ2) is 11.3. The average molecular weight is 453 g/mol. The molecule has 1 aromatic rings. The summed E-state index contributed by atoms with van der Waals surface area (Å²) in [5.41, 5.74) is 1.96. The normalized spacial score (nSPS) is 18.3. The highest BCUT2D eigenvalue weighted by Gasteiger charge is 2.27. The third-order valence-corrected chi connectivity index (χ3v) is 6.60. The first-order valence-electron chi connectivity index (χ1n) is 10.8. The maximum Gasteiger partial charge on any atom is 0.219 e. The zero-order valence-corrected chi connectivity index (χ0v) is 19.6. The minimum Gasteiger partial charge on any atom is -0.379 e. The number of carbonyl (C=O) groups excluding carboxylic acids is 1. The summed E-state index contributed by atoms with van der Waals surface area (Å²) in [6, 6.07) is 6.29. The Labute approximate surface area is 190 Å². The van der Waals surface area contributed by atoms with Gasteiger partial charge in [0, 0.05) is 52.2 Å². The fraction of sp³-hybridized carbons (Fsp3) is 0.636. The summed E-state index contributed by atoms with van der Waals surface area (Å²) in [7, 11) is 0. The first-order chi connectivity index (χ1) is 14.4. The van der Waals surface area contributed by atoms with Crippen LogP contribution >= 0.6 is 23.8 Å². The number of thiocarbonyl (C=S) groups is 1. The van der Waals surface area contributed by atoms with E-state index < -0.39 is 0 Å². The van der Waals surface area contributed by atoms with Gasteiger partial charge in [0.05, 0.1) is 23.9 Å². The molecular weight excluding hydrogens is 420 g/mol. The van der Waals surface area contributed by atoms with E-state index in [0.29, 0.717) is 16.2 Å². The van der Waals surface area contributed by atoms with E-state index in [1.54, 1.807) is 6.92 Å². The number of piperidine rings is 1. The van der Waals surface area contributed by atoms with Crippen molar-refractivity contribution in [1.29, 1.82) is 0 Å². The van der Waals surface area contributed by atoms with Crippen molar-refractivity contribution in [2.24, 2.45) is 0 Å². The molecule has 2 aliphatic rings. The SMILES string of the molecule is CC(=O)N1CCC(N(CCCN2CCOCC2)C(=S)Nc2ccc(C)cc2Cl)CC1. The number of nitrogens with one attached hydrogen (secondary N) is 1. The lowest BCUT2D eigenvalue weighted by Crippen LogP contribution is -2.50. The lowest BCUT2D eigenvalue weighted by Gasteiger charge is -2.40. The number of hydrogen-bond acceptors (Lipinski definition) is 4. The molecule has 30 heavy (non-hydrogen) atoms. The summed E-state index contributed by atoms with van der Waals surface area (Å²) < 4.78 is 5.45. The first-order valence-corrected chi connectivity index (χ1v) is 11.6. The van der Waals surface area contributed by atoms with E-state index >= 15 is 0 Å². The molecule has 0 bridgehead atoms. The number of ether oxygens (including phenoxy) is 1. The van der Waals surface area contributed by atoms with Crippen LogP contribution in [0.25, 0.3) is 0 Å². The van der Waals surface area contributed by atoms with Gasteiger partial charge in [0.15, 0.2) is 5.11 Å². The smallest absolute Gasteiger partial charge is 0.219 e. The van der Waals surface area contributed by atoms with Crippen LogP contribution in [0.4, 0.5) is 5.69 Å². The minimum atomic E-state index is 0.152. The van der Waals surface area contributed by atoms with Crippen LogP contribution in [0.2, 0.25) is 5.02 Å². The fourth-order valence-corrected chi connectivity index (χ4v) is 4.77. The van der Waals surface area contributed by atoms with E-state index in [2.05, 4.69) is 15.1 Å². The van der Waals surface area contributed by atoms with Crippen molar-refractivity contribution in [3.8, 4) is 0 Å². The summed E-state index contributed by atoms with van der Waals surface area (Å²) in [4.78, 5) is 18.4. The number of hydrogen-bond donors (Lipinski definition) is 1. The lowest BCUT2D eigenvalue weighted by atomic mass is 10.0. The highest BCUT2D eigenvalue weighted by Crippen LogP contribution is 2.25. The Morgan fingerprint density at radius 2 is 1.97 bits per heavy atom. The van der Waals surface area contributed by atoms with Gasteiger partial charge in [0.2, 0.25) is 5.91 Å². The van der Waals surface area contributed by atoms with Gasteiger partial charge in [-0.3, -0.25) is 9.69 Å². The van der Waals surface area contributed by atoms with Crippen molar-refractivity contribution in [2.45, 2.75) is 39.2 Å². The maximum atomic E-state index is 11.7. The zero-order chi connectivity index (χ0) is 21.5. The van der Waals surface area contributed by atoms with Crippen LogP contribution < -0.4 is 5.32 Å². The molecule has 1 amide bonds. The average Bonchev–Trinajstić information content (AvgIpc) is 2.74. The van der Waals surface area contributed by atoms with Crippen molar-refractivity contribution in [2.75, 3.05) is 57.8 Å². The van der Waals surface area contributed by atoms with Gasteiger partial charge in [-0.15, -0.1) is 0 Å². The number of morpholine rings is 1. The number of rotatable bonds is 6. The number of carbonyl (C=O) groups is 1. The van der Waals surface area contributed by atoms with E-state index in [1.807, 2.05) is 30.0 Å². The number of amides is 1. The number of halogens is 1. The van der Waals surface area contributed by atoms with Crippen LogP contribution in [0.1, 0.15) is 31.7 Å². The molecule has 2 fully saturated rings.